The molecule has 142 valence electrons. The van der Waals surface area contributed by atoms with Gasteiger partial charge in [-0.05, 0) is 43.2 Å². The van der Waals surface area contributed by atoms with Crippen molar-refractivity contribution in [3.05, 3.63) is 53.9 Å². The second-order valence-electron chi connectivity index (χ2n) is 6.63. The topological polar surface area (TPSA) is 46.6 Å². The second kappa shape index (κ2) is 9.76. The maximum absolute atomic E-state index is 5.81. The van der Waals surface area contributed by atoms with Crippen LogP contribution in [0.3, 0.4) is 0 Å². The summed E-state index contributed by atoms with van der Waals surface area (Å²) in [5.74, 6) is 1.59. The lowest BCUT2D eigenvalue weighted by molar-refractivity contribution is 0.153. The van der Waals surface area contributed by atoms with Crippen LogP contribution >= 0.6 is 12.4 Å². The van der Waals surface area contributed by atoms with Crippen LogP contribution in [0.4, 0.5) is 0 Å². The fourth-order valence-corrected chi connectivity index (χ4v) is 3.23. The molecule has 1 saturated heterocycles. The molecular formula is C20H28ClN3O2. The van der Waals surface area contributed by atoms with E-state index in [9.17, 15) is 0 Å². The summed E-state index contributed by atoms with van der Waals surface area (Å²) in [7, 11) is 1.69. The Morgan fingerprint density at radius 2 is 2.12 bits per heavy atom. The summed E-state index contributed by atoms with van der Waals surface area (Å²) in [5, 5.41) is 3.49. The zero-order valence-corrected chi connectivity index (χ0v) is 16.5. The van der Waals surface area contributed by atoms with Gasteiger partial charge in [-0.1, -0.05) is 12.1 Å². The van der Waals surface area contributed by atoms with E-state index in [-0.39, 0.29) is 18.5 Å². The largest absolute Gasteiger partial charge is 0.493 e. The van der Waals surface area contributed by atoms with Crippen molar-refractivity contribution in [3.8, 4) is 11.5 Å². The second-order valence-corrected chi connectivity index (χ2v) is 6.63. The first-order chi connectivity index (χ1) is 12.2. The number of pyridine rings is 1. The number of halogens is 1. The van der Waals surface area contributed by atoms with Crippen LogP contribution < -0.4 is 14.8 Å². The molecule has 1 aliphatic heterocycles. The summed E-state index contributed by atoms with van der Waals surface area (Å²) in [6.07, 6.45) is 3.91. The van der Waals surface area contributed by atoms with Crippen LogP contribution in [0, 0.1) is 0 Å². The van der Waals surface area contributed by atoms with Gasteiger partial charge in [0, 0.05) is 44.6 Å². The Morgan fingerprint density at radius 1 is 1.27 bits per heavy atom. The molecular weight excluding hydrogens is 350 g/mol. The molecule has 1 aromatic heterocycles. The van der Waals surface area contributed by atoms with Gasteiger partial charge < -0.3 is 14.8 Å². The Morgan fingerprint density at radius 3 is 2.81 bits per heavy atom. The number of benzene rings is 1. The molecule has 6 heteroatoms. The van der Waals surface area contributed by atoms with Crippen molar-refractivity contribution < 1.29 is 9.47 Å². The van der Waals surface area contributed by atoms with E-state index in [1.54, 1.807) is 7.11 Å². The van der Waals surface area contributed by atoms with Gasteiger partial charge in [-0.3, -0.25) is 9.88 Å². The third kappa shape index (κ3) is 5.10. The van der Waals surface area contributed by atoms with Gasteiger partial charge in [0.15, 0.2) is 11.5 Å². The third-order valence-electron chi connectivity index (χ3n) is 4.40. The number of nitrogens with zero attached hydrogens (tertiary/aromatic N) is 2. The summed E-state index contributed by atoms with van der Waals surface area (Å²) in [6.45, 7) is 7.87. The van der Waals surface area contributed by atoms with E-state index < -0.39 is 0 Å². The first-order valence-corrected chi connectivity index (χ1v) is 8.85. The first kappa shape index (κ1) is 20.5. The lowest BCUT2D eigenvalue weighted by Crippen LogP contribution is -2.45. The van der Waals surface area contributed by atoms with Gasteiger partial charge in [0.1, 0.15) is 0 Å². The molecule has 2 aromatic rings. The molecule has 1 fully saturated rings. The Balaban J connectivity index is 0.00000243. The highest BCUT2D eigenvalue weighted by atomic mass is 35.5. The molecule has 5 nitrogen and oxygen atoms in total. The predicted molar refractivity (Wildman–Crippen MR) is 106 cm³/mol. The van der Waals surface area contributed by atoms with E-state index in [0.29, 0.717) is 6.04 Å². The molecule has 26 heavy (non-hydrogen) atoms. The first-order valence-electron chi connectivity index (χ1n) is 8.85. The van der Waals surface area contributed by atoms with Crippen LogP contribution in [0.25, 0.3) is 0 Å². The Bertz CT molecular complexity index is 682. The normalized spacial score (nSPS) is 17.6. The molecule has 2 heterocycles. The monoisotopic (exact) mass is 377 g/mol. The number of nitrogens with one attached hydrogen (secondary N) is 1. The highest BCUT2D eigenvalue weighted by Gasteiger charge is 2.24. The van der Waals surface area contributed by atoms with E-state index in [1.807, 2.05) is 38.4 Å². The summed E-state index contributed by atoms with van der Waals surface area (Å²) in [5.41, 5.74) is 2.48. The molecule has 1 aliphatic rings. The van der Waals surface area contributed by atoms with Crippen LogP contribution in [0.15, 0.2) is 42.7 Å². The van der Waals surface area contributed by atoms with Crippen LogP contribution in [0.2, 0.25) is 0 Å². The Labute approximate surface area is 162 Å². The van der Waals surface area contributed by atoms with E-state index in [4.69, 9.17) is 9.47 Å². The van der Waals surface area contributed by atoms with Gasteiger partial charge >= 0.3 is 0 Å². The van der Waals surface area contributed by atoms with Gasteiger partial charge in [-0.25, -0.2) is 0 Å². The molecule has 0 aliphatic carbocycles. The van der Waals surface area contributed by atoms with Crippen molar-refractivity contribution in [2.45, 2.75) is 32.5 Å². The number of rotatable bonds is 6. The van der Waals surface area contributed by atoms with E-state index in [0.717, 1.165) is 37.7 Å². The Kier molecular flexibility index (Phi) is 7.69. The average molecular weight is 378 g/mol. The number of piperazine rings is 1. The zero-order valence-electron chi connectivity index (χ0n) is 15.6. The molecule has 0 amide bonds. The highest BCUT2D eigenvalue weighted by Crippen LogP contribution is 2.31. The van der Waals surface area contributed by atoms with Crippen molar-refractivity contribution in [1.29, 1.82) is 0 Å². The van der Waals surface area contributed by atoms with Crippen LogP contribution in [0.1, 0.15) is 31.0 Å². The molecule has 1 N–H and O–H groups in total. The third-order valence-corrected chi connectivity index (χ3v) is 4.40. The molecule has 0 bridgehead atoms. The van der Waals surface area contributed by atoms with Gasteiger partial charge in [0.2, 0.25) is 0 Å². The average Bonchev–Trinajstić information content (AvgIpc) is 2.64. The fourth-order valence-electron chi connectivity index (χ4n) is 3.23. The van der Waals surface area contributed by atoms with Gasteiger partial charge in [-0.15, -0.1) is 12.4 Å². The summed E-state index contributed by atoms with van der Waals surface area (Å²) in [6, 6.07) is 10.7. The predicted octanol–water partition coefficient (Wildman–Crippen LogP) is 3.45. The van der Waals surface area contributed by atoms with Crippen molar-refractivity contribution in [3.63, 3.8) is 0 Å². The van der Waals surface area contributed by atoms with Crippen molar-refractivity contribution in [1.82, 2.24) is 15.2 Å². The quantitative estimate of drug-likeness (QED) is 0.835. The number of hydrogen-bond acceptors (Lipinski definition) is 5. The minimum atomic E-state index is 0. The number of methoxy groups -OCH3 is 1. The lowest BCUT2D eigenvalue weighted by Gasteiger charge is -2.36. The fraction of sp³-hybridized carbons (Fsp3) is 0.450. The minimum Gasteiger partial charge on any atom is -0.493 e. The van der Waals surface area contributed by atoms with Crippen LogP contribution in [-0.2, 0) is 6.54 Å². The minimum absolute atomic E-state index is 0. The number of aromatic nitrogens is 1. The number of hydrogen-bond donors (Lipinski definition) is 1. The van der Waals surface area contributed by atoms with Crippen molar-refractivity contribution >= 4 is 12.4 Å². The van der Waals surface area contributed by atoms with Gasteiger partial charge in [0.05, 0.1) is 13.2 Å². The molecule has 1 unspecified atom stereocenters. The molecule has 1 atom stereocenters. The highest BCUT2D eigenvalue weighted by molar-refractivity contribution is 5.85. The van der Waals surface area contributed by atoms with Gasteiger partial charge in [-0.2, -0.15) is 0 Å². The zero-order chi connectivity index (χ0) is 17.6. The lowest BCUT2D eigenvalue weighted by atomic mass is 10.0. The smallest absolute Gasteiger partial charge is 0.161 e. The van der Waals surface area contributed by atoms with E-state index >= 15 is 0 Å². The standard InChI is InChI=1S/C20H27N3O2.ClH/c1-15(2)25-19-7-6-16(11-20(19)24-3)14-23-10-9-22-13-18(23)17-5-4-8-21-12-17;/h4-8,11-12,15,18,22H,9-10,13-14H2,1-3H3;1H. The molecule has 0 radical (unpaired) electrons. The summed E-state index contributed by atoms with van der Waals surface area (Å²) >= 11 is 0. The SMILES string of the molecule is COc1cc(CN2CCNCC2c2cccnc2)ccc1OC(C)C.Cl. The van der Waals surface area contributed by atoms with Gasteiger partial charge in [0.25, 0.3) is 0 Å². The molecule has 0 spiro atoms. The molecule has 0 saturated carbocycles. The van der Waals surface area contributed by atoms with E-state index in [1.165, 1.54) is 11.1 Å². The Hall–Kier alpha value is -1.82. The summed E-state index contributed by atoms with van der Waals surface area (Å²) in [4.78, 5) is 6.77. The van der Waals surface area contributed by atoms with Crippen LogP contribution in [0.5, 0.6) is 11.5 Å². The van der Waals surface area contributed by atoms with E-state index in [2.05, 4.69) is 33.4 Å². The van der Waals surface area contributed by atoms with Crippen molar-refractivity contribution in [2.75, 3.05) is 26.7 Å². The maximum atomic E-state index is 5.81. The summed E-state index contributed by atoms with van der Waals surface area (Å²) < 4.78 is 11.3. The van der Waals surface area contributed by atoms with Crippen LogP contribution in [-0.4, -0.2) is 42.7 Å². The van der Waals surface area contributed by atoms with Crippen molar-refractivity contribution in [2.24, 2.45) is 0 Å². The maximum Gasteiger partial charge on any atom is 0.161 e. The number of ether oxygens (including phenoxy) is 2. The molecule has 1 aromatic carbocycles. The molecule has 3 rings (SSSR count).